The number of nitrogens with one attached hydrogen (secondary N) is 1. The zero-order valence-corrected chi connectivity index (χ0v) is 14.9. The lowest BCUT2D eigenvalue weighted by molar-refractivity contribution is -0.124. The van der Waals surface area contributed by atoms with Gasteiger partial charge < -0.3 is 10.2 Å². The summed E-state index contributed by atoms with van der Waals surface area (Å²) < 4.78 is 26.0. The van der Waals surface area contributed by atoms with Crippen molar-refractivity contribution in [1.29, 1.82) is 0 Å². The van der Waals surface area contributed by atoms with E-state index in [9.17, 15) is 13.2 Å². The van der Waals surface area contributed by atoms with Gasteiger partial charge in [-0.05, 0) is 44.4 Å². The normalized spacial score (nSPS) is 30.0. The van der Waals surface area contributed by atoms with Crippen LogP contribution in [0.3, 0.4) is 0 Å². The van der Waals surface area contributed by atoms with E-state index in [1.807, 2.05) is 6.92 Å². The van der Waals surface area contributed by atoms with Gasteiger partial charge in [-0.3, -0.25) is 4.79 Å². The summed E-state index contributed by atoms with van der Waals surface area (Å²) in [5.41, 5.74) is 0. The molecule has 0 bridgehead atoms. The third-order valence-electron chi connectivity index (χ3n) is 5.16. The van der Waals surface area contributed by atoms with Crippen molar-refractivity contribution in [3.8, 4) is 0 Å². The lowest BCUT2D eigenvalue weighted by atomic mass is 10.2. The van der Waals surface area contributed by atoms with Crippen molar-refractivity contribution in [2.45, 2.75) is 57.5 Å². The van der Waals surface area contributed by atoms with Crippen molar-refractivity contribution in [2.75, 3.05) is 31.9 Å². The van der Waals surface area contributed by atoms with E-state index in [2.05, 4.69) is 10.2 Å². The van der Waals surface area contributed by atoms with Gasteiger partial charge in [0.2, 0.25) is 15.9 Å². The van der Waals surface area contributed by atoms with Crippen LogP contribution in [0.5, 0.6) is 0 Å². The standard InChI is InChI=1S/C16H29N3O3S/c1-2-10-23(21,22)19-8-3-4-15(19)16(20)17-14-7-9-18(12-14)11-13-5-6-13/h13-15H,2-12H2,1H3,(H,17,20). The molecule has 2 heterocycles. The molecule has 0 aromatic rings. The minimum atomic E-state index is -3.29. The van der Waals surface area contributed by atoms with Crippen LogP contribution in [0.1, 0.15) is 45.4 Å². The van der Waals surface area contributed by atoms with E-state index in [0.29, 0.717) is 19.4 Å². The van der Waals surface area contributed by atoms with E-state index in [1.165, 1.54) is 17.1 Å². The summed E-state index contributed by atoms with van der Waals surface area (Å²) in [6.07, 6.45) is 5.69. The first-order valence-electron chi connectivity index (χ1n) is 9.02. The van der Waals surface area contributed by atoms with Crippen LogP contribution in [0, 0.1) is 5.92 Å². The average Bonchev–Trinajstić information content (AvgIpc) is 3.00. The topological polar surface area (TPSA) is 69.7 Å². The second-order valence-electron chi connectivity index (χ2n) is 7.28. The Balaban J connectivity index is 1.53. The lowest BCUT2D eigenvalue weighted by Gasteiger charge is -2.25. The fourth-order valence-electron chi connectivity index (χ4n) is 3.79. The van der Waals surface area contributed by atoms with Crippen molar-refractivity contribution in [3.05, 3.63) is 0 Å². The van der Waals surface area contributed by atoms with Crippen molar-refractivity contribution in [2.24, 2.45) is 5.92 Å². The molecule has 2 aliphatic heterocycles. The number of nitrogens with zero attached hydrogens (tertiary/aromatic N) is 2. The van der Waals surface area contributed by atoms with Gasteiger partial charge in [-0.1, -0.05) is 6.92 Å². The Bertz CT molecular complexity index is 533. The molecule has 2 saturated heterocycles. The Morgan fingerprint density at radius 2 is 1.96 bits per heavy atom. The Labute approximate surface area is 139 Å². The van der Waals surface area contributed by atoms with Crippen LogP contribution in [0.2, 0.25) is 0 Å². The maximum atomic E-state index is 12.6. The number of hydrogen-bond donors (Lipinski definition) is 1. The highest BCUT2D eigenvalue weighted by atomic mass is 32.2. The molecule has 0 aromatic heterocycles. The fraction of sp³-hybridized carbons (Fsp3) is 0.938. The maximum absolute atomic E-state index is 12.6. The third-order valence-corrected chi connectivity index (χ3v) is 7.23. The predicted molar refractivity (Wildman–Crippen MR) is 89.5 cm³/mol. The third kappa shape index (κ3) is 4.25. The van der Waals surface area contributed by atoms with Crippen LogP contribution in [-0.2, 0) is 14.8 Å². The molecule has 2 atom stereocenters. The van der Waals surface area contributed by atoms with E-state index in [0.717, 1.165) is 38.4 Å². The van der Waals surface area contributed by atoms with Gasteiger partial charge >= 0.3 is 0 Å². The molecule has 3 rings (SSSR count). The van der Waals surface area contributed by atoms with Crippen LogP contribution in [-0.4, -0.2) is 67.5 Å². The van der Waals surface area contributed by atoms with Gasteiger partial charge in [-0.15, -0.1) is 0 Å². The van der Waals surface area contributed by atoms with Gasteiger partial charge in [0, 0.05) is 32.2 Å². The summed E-state index contributed by atoms with van der Waals surface area (Å²) in [7, 11) is -3.29. The minimum absolute atomic E-state index is 0.0968. The summed E-state index contributed by atoms with van der Waals surface area (Å²) in [4.78, 5) is 15.0. The van der Waals surface area contributed by atoms with Crippen molar-refractivity contribution in [3.63, 3.8) is 0 Å². The first-order valence-corrected chi connectivity index (χ1v) is 10.6. The van der Waals surface area contributed by atoms with Gasteiger partial charge in [-0.25, -0.2) is 8.42 Å². The molecule has 1 N–H and O–H groups in total. The van der Waals surface area contributed by atoms with Crippen molar-refractivity contribution >= 4 is 15.9 Å². The molecule has 0 aromatic carbocycles. The molecule has 6 nitrogen and oxygen atoms in total. The molecule has 7 heteroatoms. The van der Waals surface area contributed by atoms with Crippen molar-refractivity contribution in [1.82, 2.24) is 14.5 Å². The highest BCUT2D eigenvalue weighted by Gasteiger charge is 2.39. The number of sulfonamides is 1. The van der Waals surface area contributed by atoms with E-state index in [-0.39, 0.29) is 17.7 Å². The van der Waals surface area contributed by atoms with Crippen LogP contribution in [0.15, 0.2) is 0 Å². The molecule has 1 saturated carbocycles. The van der Waals surface area contributed by atoms with E-state index in [4.69, 9.17) is 0 Å². The largest absolute Gasteiger partial charge is 0.351 e. The number of rotatable bonds is 7. The molecule has 3 aliphatic rings. The van der Waals surface area contributed by atoms with E-state index >= 15 is 0 Å². The first kappa shape index (κ1) is 17.2. The van der Waals surface area contributed by atoms with Crippen molar-refractivity contribution < 1.29 is 13.2 Å². The van der Waals surface area contributed by atoms with Crippen LogP contribution >= 0.6 is 0 Å². The molecular weight excluding hydrogens is 314 g/mol. The van der Waals surface area contributed by atoms with Crippen LogP contribution < -0.4 is 5.32 Å². The first-order chi connectivity index (χ1) is 11.0. The monoisotopic (exact) mass is 343 g/mol. The van der Waals surface area contributed by atoms with Gasteiger partial charge in [0.1, 0.15) is 6.04 Å². The van der Waals surface area contributed by atoms with Gasteiger partial charge in [0.25, 0.3) is 0 Å². The zero-order valence-electron chi connectivity index (χ0n) is 14.0. The number of hydrogen-bond acceptors (Lipinski definition) is 4. The predicted octanol–water partition coefficient (Wildman–Crippen LogP) is 0.791. The molecule has 1 amide bonds. The molecule has 1 aliphatic carbocycles. The summed E-state index contributed by atoms with van der Waals surface area (Å²) in [5.74, 6) is 0.907. The Morgan fingerprint density at radius 1 is 1.17 bits per heavy atom. The Hall–Kier alpha value is -0.660. The minimum Gasteiger partial charge on any atom is -0.351 e. The van der Waals surface area contributed by atoms with Gasteiger partial charge in [0.05, 0.1) is 5.75 Å². The Kier molecular flexibility index (Phi) is 5.28. The number of carbonyl (C=O) groups excluding carboxylic acids is 1. The molecule has 0 radical (unpaired) electrons. The van der Waals surface area contributed by atoms with E-state index in [1.54, 1.807) is 0 Å². The summed E-state index contributed by atoms with van der Waals surface area (Å²) in [6.45, 7) is 5.46. The highest BCUT2D eigenvalue weighted by Crippen LogP contribution is 2.30. The van der Waals surface area contributed by atoms with Crippen LogP contribution in [0.4, 0.5) is 0 Å². The van der Waals surface area contributed by atoms with Gasteiger partial charge in [0.15, 0.2) is 0 Å². The number of carbonyl (C=O) groups is 1. The molecule has 3 fully saturated rings. The lowest BCUT2D eigenvalue weighted by Crippen LogP contribution is -2.49. The second-order valence-corrected chi connectivity index (χ2v) is 9.32. The molecule has 132 valence electrons. The molecular formula is C16H29N3O3S. The smallest absolute Gasteiger partial charge is 0.238 e. The summed E-state index contributed by atoms with van der Waals surface area (Å²) in [5, 5.41) is 3.10. The molecule has 0 spiro atoms. The highest BCUT2D eigenvalue weighted by molar-refractivity contribution is 7.89. The second kappa shape index (κ2) is 7.07. The summed E-state index contributed by atoms with van der Waals surface area (Å²) >= 11 is 0. The Morgan fingerprint density at radius 3 is 2.65 bits per heavy atom. The fourth-order valence-corrected chi connectivity index (χ4v) is 5.54. The number of likely N-dealkylation sites (tertiary alicyclic amines) is 1. The maximum Gasteiger partial charge on any atom is 0.238 e. The summed E-state index contributed by atoms with van der Waals surface area (Å²) in [6, 6.07) is -0.318. The average molecular weight is 343 g/mol. The zero-order chi connectivity index (χ0) is 16.4. The molecule has 2 unspecified atom stereocenters. The quantitative estimate of drug-likeness (QED) is 0.742. The van der Waals surface area contributed by atoms with E-state index < -0.39 is 16.1 Å². The van der Waals surface area contributed by atoms with Gasteiger partial charge in [-0.2, -0.15) is 4.31 Å². The van der Waals surface area contributed by atoms with Crippen LogP contribution in [0.25, 0.3) is 0 Å². The number of amides is 1. The molecule has 23 heavy (non-hydrogen) atoms. The SMILES string of the molecule is CCCS(=O)(=O)N1CCCC1C(=O)NC1CCN(CC2CC2)C1.